The number of halogens is 1. The molecule has 0 aliphatic carbocycles. The van der Waals surface area contributed by atoms with Crippen LogP contribution in [0.5, 0.6) is 0 Å². The van der Waals surface area contributed by atoms with Gasteiger partial charge in [-0.3, -0.25) is 14.2 Å². The molecule has 1 heterocycles. The van der Waals surface area contributed by atoms with Crippen molar-refractivity contribution in [1.29, 1.82) is 0 Å². The molecule has 0 saturated heterocycles. The van der Waals surface area contributed by atoms with E-state index in [2.05, 4.69) is 10.3 Å². The number of nitrogens with zero attached hydrogens (tertiary/aromatic N) is 2. The van der Waals surface area contributed by atoms with E-state index in [4.69, 9.17) is 0 Å². The predicted molar refractivity (Wildman–Crippen MR) is 77.0 cm³/mol. The molecule has 0 unspecified atom stereocenters. The molecule has 0 aliphatic heterocycles. The summed E-state index contributed by atoms with van der Waals surface area (Å²) in [5.74, 6) is -0.935. The van der Waals surface area contributed by atoms with Crippen LogP contribution in [0.4, 0.5) is 4.39 Å². The fraction of sp³-hybridized carbons (Fsp3) is 0.267. The second kappa shape index (κ2) is 5.47. The highest BCUT2D eigenvalue weighted by Gasteiger charge is 2.20. The van der Waals surface area contributed by atoms with Crippen LogP contribution in [0.25, 0.3) is 5.69 Å². The van der Waals surface area contributed by atoms with Crippen LogP contribution in [0.3, 0.4) is 0 Å². The zero-order valence-corrected chi connectivity index (χ0v) is 12.1. The Bertz CT molecular complexity index is 715. The second-order valence-corrected chi connectivity index (χ2v) is 5.63. The van der Waals surface area contributed by atoms with E-state index in [1.54, 1.807) is 0 Å². The van der Waals surface area contributed by atoms with Gasteiger partial charge in [-0.15, -0.1) is 0 Å². The largest absolute Gasteiger partial charge is 0.346 e. The molecular formula is C15H16FN3O2. The minimum Gasteiger partial charge on any atom is -0.346 e. The maximum atomic E-state index is 12.9. The van der Waals surface area contributed by atoms with Crippen molar-refractivity contribution in [3.05, 3.63) is 58.5 Å². The predicted octanol–water partition coefficient (Wildman–Crippen LogP) is 1.90. The van der Waals surface area contributed by atoms with E-state index >= 15 is 0 Å². The van der Waals surface area contributed by atoms with Gasteiger partial charge in [-0.05, 0) is 45.0 Å². The van der Waals surface area contributed by atoms with Crippen molar-refractivity contribution in [2.24, 2.45) is 0 Å². The Hall–Kier alpha value is -2.50. The van der Waals surface area contributed by atoms with E-state index in [1.807, 2.05) is 20.8 Å². The van der Waals surface area contributed by atoms with Crippen molar-refractivity contribution in [2.45, 2.75) is 26.3 Å². The van der Waals surface area contributed by atoms with E-state index in [-0.39, 0.29) is 5.69 Å². The van der Waals surface area contributed by atoms with Crippen molar-refractivity contribution in [1.82, 2.24) is 14.9 Å². The van der Waals surface area contributed by atoms with E-state index in [9.17, 15) is 14.0 Å². The van der Waals surface area contributed by atoms with Gasteiger partial charge >= 0.3 is 0 Å². The highest BCUT2D eigenvalue weighted by atomic mass is 19.1. The molecule has 0 radical (unpaired) electrons. The number of hydrogen-bond donors (Lipinski definition) is 1. The molecule has 1 aromatic heterocycles. The third-order valence-corrected chi connectivity index (χ3v) is 2.65. The summed E-state index contributed by atoms with van der Waals surface area (Å²) >= 11 is 0. The number of aromatic nitrogens is 2. The zero-order chi connectivity index (χ0) is 15.6. The summed E-state index contributed by atoms with van der Waals surface area (Å²) in [5.41, 5.74) is -0.752. The SMILES string of the molecule is CC(C)(C)NC(=O)c1nccn(-c2ccc(F)cc2)c1=O. The summed E-state index contributed by atoms with van der Waals surface area (Å²) in [6.45, 7) is 5.44. The Morgan fingerprint density at radius 3 is 2.43 bits per heavy atom. The first-order chi connectivity index (χ1) is 9.78. The molecule has 110 valence electrons. The van der Waals surface area contributed by atoms with Crippen molar-refractivity contribution in [3.63, 3.8) is 0 Å². The van der Waals surface area contributed by atoms with Crippen LogP contribution in [0.15, 0.2) is 41.5 Å². The number of benzene rings is 1. The lowest BCUT2D eigenvalue weighted by atomic mass is 10.1. The molecule has 5 nitrogen and oxygen atoms in total. The summed E-state index contributed by atoms with van der Waals surface area (Å²) < 4.78 is 14.2. The van der Waals surface area contributed by atoms with Crippen molar-refractivity contribution < 1.29 is 9.18 Å². The smallest absolute Gasteiger partial charge is 0.286 e. The third kappa shape index (κ3) is 3.53. The zero-order valence-electron chi connectivity index (χ0n) is 12.1. The number of hydrogen-bond acceptors (Lipinski definition) is 3. The molecule has 2 aromatic rings. The summed E-state index contributed by atoms with van der Waals surface area (Å²) in [7, 11) is 0. The number of rotatable bonds is 2. The normalized spacial score (nSPS) is 11.2. The molecule has 6 heteroatoms. The molecule has 0 fully saturated rings. The van der Waals surface area contributed by atoms with Crippen LogP contribution in [0.2, 0.25) is 0 Å². The van der Waals surface area contributed by atoms with E-state index in [0.29, 0.717) is 5.69 Å². The van der Waals surface area contributed by atoms with E-state index < -0.39 is 22.8 Å². The van der Waals surface area contributed by atoms with Gasteiger partial charge in [-0.2, -0.15) is 0 Å². The highest BCUT2D eigenvalue weighted by Crippen LogP contribution is 2.07. The molecule has 1 amide bonds. The molecular weight excluding hydrogens is 273 g/mol. The van der Waals surface area contributed by atoms with Crippen LogP contribution in [-0.2, 0) is 0 Å². The maximum absolute atomic E-state index is 12.9. The van der Waals surface area contributed by atoms with Gasteiger partial charge in [0.05, 0.1) is 0 Å². The van der Waals surface area contributed by atoms with Gasteiger partial charge in [0.1, 0.15) is 5.82 Å². The summed E-state index contributed by atoms with van der Waals surface area (Å²) in [5, 5.41) is 2.69. The average molecular weight is 289 g/mol. The van der Waals surface area contributed by atoms with Crippen LogP contribution < -0.4 is 10.9 Å². The lowest BCUT2D eigenvalue weighted by Crippen LogP contribution is -2.43. The topological polar surface area (TPSA) is 64.0 Å². The molecule has 21 heavy (non-hydrogen) atoms. The van der Waals surface area contributed by atoms with E-state index in [0.717, 1.165) is 0 Å². The fourth-order valence-electron chi connectivity index (χ4n) is 1.77. The van der Waals surface area contributed by atoms with Gasteiger partial charge in [0, 0.05) is 23.6 Å². The number of carbonyl (C=O) groups is 1. The molecule has 0 saturated carbocycles. The molecule has 0 atom stereocenters. The monoisotopic (exact) mass is 289 g/mol. The number of amides is 1. The number of carbonyl (C=O) groups excluding carboxylic acids is 1. The first-order valence-electron chi connectivity index (χ1n) is 6.44. The molecule has 1 N–H and O–H groups in total. The Balaban J connectivity index is 2.43. The summed E-state index contributed by atoms with van der Waals surface area (Å²) in [4.78, 5) is 28.2. The molecule has 0 bridgehead atoms. The molecule has 1 aromatic carbocycles. The van der Waals surface area contributed by atoms with Crippen LogP contribution >= 0.6 is 0 Å². The van der Waals surface area contributed by atoms with Crippen LogP contribution in [0.1, 0.15) is 31.3 Å². The van der Waals surface area contributed by atoms with Gasteiger partial charge in [0.25, 0.3) is 11.5 Å². The van der Waals surface area contributed by atoms with Crippen molar-refractivity contribution in [2.75, 3.05) is 0 Å². The van der Waals surface area contributed by atoms with Gasteiger partial charge < -0.3 is 5.32 Å². The van der Waals surface area contributed by atoms with Gasteiger partial charge in [-0.1, -0.05) is 0 Å². The Kier molecular flexibility index (Phi) is 3.88. The summed E-state index contributed by atoms with van der Waals surface area (Å²) in [6.07, 6.45) is 2.80. The standard InChI is InChI=1S/C15H16FN3O2/c1-15(2,3)18-13(20)12-14(21)19(9-8-17-12)11-6-4-10(16)5-7-11/h4-9H,1-3H3,(H,18,20). The van der Waals surface area contributed by atoms with Gasteiger partial charge in [0.15, 0.2) is 5.69 Å². The Morgan fingerprint density at radius 1 is 1.24 bits per heavy atom. The lowest BCUT2D eigenvalue weighted by Gasteiger charge is -2.20. The van der Waals surface area contributed by atoms with Gasteiger partial charge in [0.2, 0.25) is 0 Å². The van der Waals surface area contributed by atoms with Crippen LogP contribution in [-0.4, -0.2) is 21.0 Å². The minimum atomic E-state index is -0.550. The Labute approximate surface area is 121 Å². The summed E-state index contributed by atoms with van der Waals surface area (Å²) in [6, 6.07) is 5.42. The maximum Gasteiger partial charge on any atom is 0.286 e. The van der Waals surface area contributed by atoms with Crippen molar-refractivity contribution >= 4 is 5.91 Å². The molecule has 0 spiro atoms. The molecule has 0 aliphatic rings. The quantitative estimate of drug-likeness (QED) is 0.918. The first kappa shape index (κ1) is 14.9. The third-order valence-electron chi connectivity index (χ3n) is 2.65. The number of nitrogens with one attached hydrogen (secondary N) is 1. The van der Waals surface area contributed by atoms with Crippen LogP contribution in [0, 0.1) is 5.82 Å². The lowest BCUT2D eigenvalue weighted by molar-refractivity contribution is 0.0912. The molecule has 2 rings (SSSR count). The minimum absolute atomic E-state index is 0.197. The average Bonchev–Trinajstić information content (AvgIpc) is 2.38. The van der Waals surface area contributed by atoms with Gasteiger partial charge in [-0.25, -0.2) is 9.37 Å². The Morgan fingerprint density at radius 2 is 1.86 bits per heavy atom. The first-order valence-corrected chi connectivity index (χ1v) is 6.44. The van der Waals surface area contributed by atoms with Crippen molar-refractivity contribution in [3.8, 4) is 5.69 Å². The highest BCUT2D eigenvalue weighted by molar-refractivity contribution is 5.92. The van der Waals surface area contributed by atoms with E-state index in [1.165, 1.54) is 41.2 Å². The fourth-order valence-corrected chi connectivity index (χ4v) is 1.77. The second-order valence-electron chi connectivity index (χ2n) is 5.63.